The summed E-state index contributed by atoms with van der Waals surface area (Å²) in [7, 11) is 0. The second-order valence-electron chi connectivity index (χ2n) is 24.3. The fraction of sp³-hybridized carbons (Fsp3) is 0.684. The number of thioether (sulfide) groups is 1. The number of H-pyrrole nitrogens is 1. The molecule has 0 aliphatic carbocycles. The van der Waals surface area contributed by atoms with Gasteiger partial charge in [-0.25, -0.2) is 4.98 Å². The number of nitrogens with two attached hydrogens (primary N) is 6. The number of nitrogens with zero attached hydrogens (tertiary/aromatic N) is 2. The molecule has 0 fully saturated rings. The van der Waals surface area contributed by atoms with Gasteiger partial charge in [-0.1, -0.05) is 48.0 Å². The molecule has 13 amide bonds. The number of aliphatic imine (C=N–C) groups is 1. The molecular formula is C57H99N19O15S. The van der Waals surface area contributed by atoms with Crippen molar-refractivity contribution in [2.45, 2.75) is 212 Å². The molecule has 0 unspecified atom stereocenters. The monoisotopic (exact) mass is 1320 g/mol. The van der Waals surface area contributed by atoms with Crippen molar-refractivity contribution >= 4 is 100 Å². The average molecular weight is 1320 g/mol. The molecule has 10 atom stereocenters. The molecule has 35 heteroatoms. The number of primary amides is 3. The topological polar surface area (TPSA) is 577 Å². The van der Waals surface area contributed by atoms with Crippen LogP contribution in [0.2, 0.25) is 0 Å². The summed E-state index contributed by atoms with van der Waals surface area (Å²) in [6.07, 6.45) is 1.67. The van der Waals surface area contributed by atoms with Crippen molar-refractivity contribution in [3.05, 3.63) is 18.2 Å². The Balaban J connectivity index is 3.64. The summed E-state index contributed by atoms with van der Waals surface area (Å²) < 4.78 is 0. The van der Waals surface area contributed by atoms with Crippen LogP contribution in [0.3, 0.4) is 0 Å². The van der Waals surface area contributed by atoms with Gasteiger partial charge in [-0.3, -0.25) is 72.1 Å². The molecule has 0 radical (unpaired) electrons. The van der Waals surface area contributed by atoms with Gasteiger partial charge in [0, 0.05) is 44.1 Å². The Morgan fingerprint density at radius 1 is 0.576 bits per heavy atom. The molecule has 34 nitrogen and oxygen atoms in total. The van der Waals surface area contributed by atoms with Crippen LogP contribution in [0.15, 0.2) is 17.5 Å². The van der Waals surface area contributed by atoms with Crippen LogP contribution in [0.25, 0.3) is 0 Å². The molecule has 0 saturated heterocycles. The minimum Gasteiger partial charge on any atom is -0.481 e. The lowest BCUT2D eigenvalue weighted by Crippen LogP contribution is -2.64. The molecule has 0 aliphatic heterocycles. The van der Waals surface area contributed by atoms with Crippen molar-refractivity contribution in [1.82, 2.24) is 63.1 Å². The number of aromatic amines is 1. The highest BCUT2D eigenvalue weighted by atomic mass is 32.2. The molecule has 0 aromatic carbocycles. The fourth-order valence-corrected chi connectivity index (χ4v) is 9.16. The maximum atomic E-state index is 14.5. The maximum Gasteiger partial charge on any atom is 0.303 e. The second kappa shape index (κ2) is 39.6. The number of hydrogen-bond donors (Lipinski definition) is 18. The van der Waals surface area contributed by atoms with Crippen LogP contribution in [-0.4, -0.2) is 188 Å². The van der Waals surface area contributed by atoms with Crippen LogP contribution in [-0.2, 0) is 73.5 Å². The van der Waals surface area contributed by atoms with E-state index >= 15 is 0 Å². The molecule has 518 valence electrons. The quantitative estimate of drug-likeness (QED) is 0.0166. The lowest BCUT2D eigenvalue weighted by molar-refractivity contribution is -0.140. The fourth-order valence-electron chi connectivity index (χ4n) is 8.69. The summed E-state index contributed by atoms with van der Waals surface area (Å²) >= 11 is 1.31. The number of carbonyl (C=O) groups is 14. The van der Waals surface area contributed by atoms with E-state index < -0.39 is 192 Å². The number of guanidine groups is 1. The summed E-state index contributed by atoms with van der Waals surface area (Å²) in [6, 6.07) is -13.0. The van der Waals surface area contributed by atoms with Gasteiger partial charge in [0.2, 0.25) is 76.8 Å². The largest absolute Gasteiger partial charge is 0.481 e. The number of carboxylic acid groups (broad SMARTS) is 1. The zero-order valence-electron chi connectivity index (χ0n) is 54.4. The van der Waals surface area contributed by atoms with Crippen molar-refractivity contribution in [1.29, 1.82) is 0 Å². The third kappa shape index (κ3) is 30.5. The standard InChI is InChI=1S/C57H99N19O15S/c1-12-30(6)43(74-48(85)35(17-20-41(79)80)73-54(91)57(9,10)76-52(89)42(29(4)5)75-53(90)56(7,8)63)51(88)70-34(16-19-40(59)78)46(83)71-37(24-28(2)3)49(86)69-36(21-23-92-11)47(84)72-38(25-31-26-64-27-66-31)50(87)68-33(15-18-39(58)77)45(82)67-32(44(60)81)14-13-22-65-55(61)62/h26-30,32-38,42-43H,12-25,63H2,1-11H3,(H2,58,77)(H2,59,78)(H2,60,81)(H,64,66)(H,67,82)(H,68,87)(H,69,86)(H,70,88)(H,71,83)(H,72,84)(H,73,91)(H,74,85)(H,75,90)(H,76,89)(H,79,80)(H4,61,62,65)/t30-,32-,33-,34-,35-,36-,37-,38-,42-,43-/m0/s1. The Morgan fingerprint density at radius 3 is 1.50 bits per heavy atom. The van der Waals surface area contributed by atoms with Gasteiger partial charge in [0.05, 0.1) is 11.9 Å². The number of carboxylic acids is 1. The molecule has 0 spiro atoms. The maximum absolute atomic E-state index is 14.5. The number of carbonyl (C=O) groups excluding carboxylic acids is 13. The Hall–Kier alpha value is -8.63. The summed E-state index contributed by atoms with van der Waals surface area (Å²) in [5.41, 5.74) is 30.3. The van der Waals surface area contributed by atoms with Crippen LogP contribution in [0.5, 0.6) is 0 Å². The number of nitrogens with one attached hydrogen (secondary N) is 11. The summed E-state index contributed by atoms with van der Waals surface area (Å²) in [6.45, 7) is 15.6. The molecule has 1 rings (SSSR count). The zero-order chi connectivity index (χ0) is 70.4. The molecule has 1 aromatic rings. The third-order valence-corrected chi connectivity index (χ3v) is 15.0. The first-order chi connectivity index (χ1) is 42.7. The molecule has 1 aromatic heterocycles. The van der Waals surface area contributed by atoms with E-state index in [0.29, 0.717) is 5.69 Å². The van der Waals surface area contributed by atoms with E-state index in [2.05, 4.69) is 68.1 Å². The summed E-state index contributed by atoms with van der Waals surface area (Å²) in [5, 5.41) is 35.2. The first-order valence-corrected chi connectivity index (χ1v) is 31.6. The van der Waals surface area contributed by atoms with Crippen LogP contribution in [0, 0.1) is 17.8 Å². The van der Waals surface area contributed by atoms with Crippen molar-refractivity contribution in [3.8, 4) is 0 Å². The summed E-state index contributed by atoms with van der Waals surface area (Å²) in [4.78, 5) is 199. The molecule has 0 aliphatic rings. The van der Waals surface area contributed by atoms with E-state index in [1.54, 1.807) is 47.8 Å². The Morgan fingerprint density at radius 2 is 1.04 bits per heavy atom. The smallest absolute Gasteiger partial charge is 0.303 e. The van der Waals surface area contributed by atoms with Gasteiger partial charge in [0.25, 0.3) is 0 Å². The van der Waals surface area contributed by atoms with E-state index in [4.69, 9.17) is 34.4 Å². The predicted octanol–water partition coefficient (Wildman–Crippen LogP) is -4.62. The first-order valence-electron chi connectivity index (χ1n) is 30.2. The Kier molecular flexibility index (Phi) is 35.0. The number of rotatable bonds is 44. The first kappa shape index (κ1) is 81.4. The third-order valence-electron chi connectivity index (χ3n) is 14.3. The predicted molar refractivity (Wildman–Crippen MR) is 340 cm³/mol. The van der Waals surface area contributed by atoms with Crippen LogP contribution >= 0.6 is 11.8 Å². The van der Waals surface area contributed by atoms with E-state index in [-0.39, 0.29) is 69.1 Å². The zero-order valence-corrected chi connectivity index (χ0v) is 55.2. The van der Waals surface area contributed by atoms with Gasteiger partial charge in [-0.15, -0.1) is 0 Å². The lowest BCUT2D eigenvalue weighted by Gasteiger charge is -2.32. The molecule has 0 saturated carbocycles. The Labute approximate surface area is 539 Å². The highest BCUT2D eigenvalue weighted by Crippen LogP contribution is 2.16. The molecule has 92 heavy (non-hydrogen) atoms. The lowest BCUT2D eigenvalue weighted by atomic mass is 9.96. The van der Waals surface area contributed by atoms with E-state index in [1.165, 1.54) is 52.0 Å². The van der Waals surface area contributed by atoms with Crippen molar-refractivity contribution in [3.63, 3.8) is 0 Å². The minimum absolute atomic E-state index is 0.0116. The van der Waals surface area contributed by atoms with Crippen LogP contribution in [0.4, 0.5) is 0 Å². The number of aromatic nitrogens is 2. The van der Waals surface area contributed by atoms with Crippen molar-refractivity contribution in [2.75, 3.05) is 18.6 Å². The molecule has 1 heterocycles. The van der Waals surface area contributed by atoms with Gasteiger partial charge in [-0.2, -0.15) is 11.8 Å². The highest BCUT2D eigenvalue weighted by molar-refractivity contribution is 7.98. The molecular weight excluding hydrogens is 1220 g/mol. The number of hydrogen-bond acceptors (Lipinski definition) is 18. The SMILES string of the molecule is CC[C@H](C)[C@H](NC(=O)[C@H](CCC(=O)O)NC(=O)C(C)(C)NC(=O)[C@@H](NC(=O)C(C)(C)N)C(C)C)C(=O)N[C@@H](CCC(N)=O)C(=O)N[C@@H](CC(C)C)C(=O)N[C@@H](CCSC)C(=O)N[C@@H](Cc1cnc[nH]1)C(=O)N[C@@H](CCC(N)=O)C(=O)N[C@@H](CCCN=C(N)N)C(N)=O. The normalized spacial score (nSPS) is 14.7. The molecule has 0 bridgehead atoms. The van der Waals surface area contributed by atoms with Crippen molar-refractivity contribution < 1.29 is 72.2 Å². The Bertz CT molecular complexity index is 2740. The van der Waals surface area contributed by atoms with Crippen LogP contribution < -0.4 is 87.6 Å². The summed E-state index contributed by atoms with van der Waals surface area (Å²) in [5.74, 6) is -14.5. The highest BCUT2D eigenvalue weighted by Gasteiger charge is 2.40. The van der Waals surface area contributed by atoms with Gasteiger partial charge in [0.1, 0.15) is 59.9 Å². The van der Waals surface area contributed by atoms with E-state index in [9.17, 15) is 72.2 Å². The second-order valence-corrected chi connectivity index (χ2v) is 25.3. The number of imidazole rings is 1. The van der Waals surface area contributed by atoms with Crippen LogP contribution in [0.1, 0.15) is 146 Å². The van der Waals surface area contributed by atoms with Gasteiger partial charge >= 0.3 is 5.97 Å². The minimum atomic E-state index is -1.79. The van der Waals surface area contributed by atoms with Crippen molar-refractivity contribution in [2.24, 2.45) is 57.1 Å². The number of amides is 13. The van der Waals surface area contributed by atoms with E-state index in [1.807, 2.05) is 0 Å². The van der Waals surface area contributed by atoms with Gasteiger partial charge < -0.3 is 97.7 Å². The van der Waals surface area contributed by atoms with Gasteiger partial charge in [-0.05, 0) is 102 Å². The molecule has 24 N–H and O–H groups in total. The number of aliphatic carboxylic acids is 1. The van der Waals surface area contributed by atoms with Gasteiger partial charge in [0.15, 0.2) is 5.96 Å². The average Bonchev–Trinajstić information content (AvgIpc) is 1.03. The van der Waals surface area contributed by atoms with E-state index in [0.717, 1.165) is 0 Å².